The highest BCUT2D eigenvalue weighted by Gasteiger charge is 2.21. The molecule has 2 rings (SSSR count). The smallest absolute Gasteiger partial charge is 0.159 e. The molecule has 0 spiro atoms. The van der Waals surface area contributed by atoms with Crippen LogP contribution in [-0.4, -0.2) is 6.04 Å². The van der Waals surface area contributed by atoms with Gasteiger partial charge in [0.15, 0.2) is 11.6 Å². The van der Waals surface area contributed by atoms with Crippen molar-refractivity contribution < 1.29 is 8.78 Å². The van der Waals surface area contributed by atoms with Crippen molar-refractivity contribution in [3.8, 4) is 0 Å². The first-order valence-electron chi connectivity index (χ1n) is 5.37. The summed E-state index contributed by atoms with van der Waals surface area (Å²) < 4.78 is 25.8. The molecule has 1 nitrogen and oxygen atoms in total. The highest BCUT2D eigenvalue weighted by Crippen LogP contribution is 2.32. The maximum absolute atomic E-state index is 13.0. The summed E-state index contributed by atoms with van der Waals surface area (Å²) in [5.74, 6) is -1.24. The molecule has 1 aromatic rings. The fourth-order valence-corrected chi connectivity index (χ4v) is 2.30. The van der Waals surface area contributed by atoms with Gasteiger partial charge in [-0.15, -0.1) is 0 Å². The second-order valence-corrected chi connectivity index (χ2v) is 4.30. The predicted molar refractivity (Wildman–Crippen MR) is 55.5 cm³/mol. The maximum atomic E-state index is 13.0. The Morgan fingerprint density at radius 1 is 1.13 bits per heavy atom. The quantitative estimate of drug-likeness (QED) is 0.759. The zero-order valence-corrected chi connectivity index (χ0v) is 8.55. The summed E-state index contributed by atoms with van der Waals surface area (Å²) in [5, 5.41) is 0. The molecular weight excluding hydrogens is 196 g/mol. The largest absolute Gasteiger partial charge is 0.328 e. The fourth-order valence-electron chi connectivity index (χ4n) is 2.30. The van der Waals surface area contributed by atoms with Gasteiger partial charge in [-0.05, 0) is 42.9 Å². The number of hydrogen-bond donors (Lipinski definition) is 1. The Hall–Kier alpha value is -0.960. The Bertz CT molecular complexity index is 351. The van der Waals surface area contributed by atoms with Crippen LogP contribution in [0.3, 0.4) is 0 Å². The van der Waals surface area contributed by atoms with Crippen molar-refractivity contribution in [3.63, 3.8) is 0 Å². The summed E-state index contributed by atoms with van der Waals surface area (Å²) in [4.78, 5) is 0. The molecule has 3 heteroatoms. The lowest BCUT2D eigenvalue weighted by atomic mass is 9.82. The second-order valence-electron chi connectivity index (χ2n) is 4.30. The molecule has 0 heterocycles. The summed E-state index contributed by atoms with van der Waals surface area (Å²) >= 11 is 0. The number of hydrogen-bond acceptors (Lipinski definition) is 1. The van der Waals surface area contributed by atoms with Crippen molar-refractivity contribution >= 4 is 0 Å². The molecule has 1 aliphatic rings. The van der Waals surface area contributed by atoms with E-state index in [9.17, 15) is 8.78 Å². The van der Waals surface area contributed by atoms with Gasteiger partial charge in [0.05, 0.1) is 0 Å². The molecule has 2 N–H and O–H groups in total. The number of benzene rings is 1. The number of rotatable bonds is 1. The normalized spacial score (nSPS) is 26.6. The molecule has 0 bridgehead atoms. The van der Waals surface area contributed by atoms with Crippen molar-refractivity contribution in [1.82, 2.24) is 0 Å². The van der Waals surface area contributed by atoms with Gasteiger partial charge in [-0.2, -0.15) is 0 Å². The Labute approximate surface area is 88.3 Å². The van der Waals surface area contributed by atoms with Crippen LogP contribution in [-0.2, 0) is 0 Å². The van der Waals surface area contributed by atoms with E-state index in [2.05, 4.69) is 0 Å². The van der Waals surface area contributed by atoms with E-state index in [0.717, 1.165) is 31.2 Å². The molecule has 0 radical (unpaired) electrons. The van der Waals surface area contributed by atoms with E-state index in [-0.39, 0.29) is 6.04 Å². The monoisotopic (exact) mass is 211 g/mol. The molecule has 82 valence electrons. The van der Waals surface area contributed by atoms with E-state index in [0.29, 0.717) is 5.92 Å². The molecular formula is C12H15F2N. The first kappa shape index (κ1) is 10.6. The molecule has 1 saturated carbocycles. The van der Waals surface area contributed by atoms with E-state index < -0.39 is 11.6 Å². The van der Waals surface area contributed by atoms with Gasteiger partial charge in [0.25, 0.3) is 0 Å². The molecule has 1 fully saturated rings. The van der Waals surface area contributed by atoms with Gasteiger partial charge in [0.2, 0.25) is 0 Å². The third-order valence-corrected chi connectivity index (χ3v) is 3.13. The highest BCUT2D eigenvalue weighted by atomic mass is 19.2. The molecule has 15 heavy (non-hydrogen) atoms. The summed E-state index contributed by atoms with van der Waals surface area (Å²) in [6, 6.07) is 4.38. The maximum Gasteiger partial charge on any atom is 0.159 e. The molecule has 2 atom stereocenters. The van der Waals surface area contributed by atoms with Crippen LogP contribution in [0.1, 0.15) is 37.2 Å². The van der Waals surface area contributed by atoms with Crippen molar-refractivity contribution in [3.05, 3.63) is 35.4 Å². The van der Waals surface area contributed by atoms with Gasteiger partial charge in [-0.1, -0.05) is 12.5 Å². The lowest BCUT2D eigenvalue weighted by molar-refractivity contribution is 0.391. The molecule has 1 aromatic carbocycles. The molecule has 1 aliphatic carbocycles. The molecule has 0 saturated heterocycles. The lowest BCUT2D eigenvalue weighted by Gasteiger charge is -2.26. The van der Waals surface area contributed by atoms with Crippen LogP contribution in [0.5, 0.6) is 0 Å². The summed E-state index contributed by atoms with van der Waals surface area (Å²) in [7, 11) is 0. The Balaban J connectivity index is 2.18. The molecule has 0 amide bonds. The standard InChI is InChI=1S/C12H15F2N/c13-11-5-4-9(7-12(11)14)8-2-1-3-10(15)6-8/h4-5,7-8,10H,1-3,6,15H2. The summed E-state index contributed by atoms with van der Waals surface area (Å²) in [5.41, 5.74) is 6.74. The van der Waals surface area contributed by atoms with Crippen LogP contribution < -0.4 is 5.73 Å². The average molecular weight is 211 g/mol. The van der Waals surface area contributed by atoms with Gasteiger partial charge in [0.1, 0.15) is 0 Å². The first-order chi connectivity index (χ1) is 7.16. The Morgan fingerprint density at radius 3 is 2.60 bits per heavy atom. The minimum Gasteiger partial charge on any atom is -0.328 e. The van der Waals surface area contributed by atoms with E-state index in [1.807, 2.05) is 0 Å². The first-order valence-corrected chi connectivity index (χ1v) is 5.37. The zero-order chi connectivity index (χ0) is 10.8. The molecule has 2 unspecified atom stereocenters. The third-order valence-electron chi connectivity index (χ3n) is 3.13. The Kier molecular flexibility index (Phi) is 3.00. The average Bonchev–Trinajstić information content (AvgIpc) is 2.22. The van der Waals surface area contributed by atoms with Gasteiger partial charge >= 0.3 is 0 Å². The van der Waals surface area contributed by atoms with E-state index >= 15 is 0 Å². The van der Waals surface area contributed by atoms with E-state index in [1.165, 1.54) is 12.1 Å². The number of nitrogens with two attached hydrogens (primary N) is 1. The van der Waals surface area contributed by atoms with Crippen molar-refractivity contribution in [2.24, 2.45) is 5.73 Å². The Morgan fingerprint density at radius 2 is 1.93 bits per heavy atom. The van der Waals surface area contributed by atoms with Crippen LogP contribution in [0.2, 0.25) is 0 Å². The SMILES string of the molecule is NC1CCCC(c2ccc(F)c(F)c2)C1. The zero-order valence-electron chi connectivity index (χ0n) is 8.55. The summed E-state index contributed by atoms with van der Waals surface area (Å²) in [6.07, 6.45) is 4.02. The highest BCUT2D eigenvalue weighted by molar-refractivity contribution is 5.22. The van der Waals surface area contributed by atoms with Gasteiger partial charge < -0.3 is 5.73 Å². The van der Waals surface area contributed by atoms with E-state index in [1.54, 1.807) is 6.07 Å². The molecule has 0 aromatic heterocycles. The lowest BCUT2D eigenvalue weighted by Crippen LogP contribution is -2.26. The summed E-state index contributed by atoms with van der Waals surface area (Å²) in [6.45, 7) is 0. The second kappa shape index (κ2) is 4.27. The van der Waals surface area contributed by atoms with Crippen LogP contribution in [0.25, 0.3) is 0 Å². The molecule has 0 aliphatic heterocycles. The predicted octanol–water partition coefficient (Wildman–Crippen LogP) is 2.95. The van der Waals surface area contributed by atoms with Gasteiger partial charge in [0, 0.05) is 6.04 Å². The van der Waals surface area contributed by atoms with Crippen molar-refractivity contribution in [1.29, 1.82) is 0 Å². The van der Waals surface area contributed by atoms with Crippen LogP contribution in [0.15, 0.2) is 18.2 Å². The van der Waals surface area contributed by atoms with Crippen molar-refractivity contribution in [2.75, 3.05) is 0 Å². The van der Waals surface area contributed by atoms with E-state index in [4.69, 9.17) is 5.73 Å². The van der Waals surface area contributed by atoms with Crippen LogP contribution in [0, 0.1) is 11.6 Å². The van der Waals surface area contributed by atoms with Gasteiger partial charge in [-0.25, -0.2) is 8.78 Å². The topological polar surface area (TPSA) is 26.0 Å². The minimum absolute atomic E-state index is 0.205. The van der Waals surface area contributed by atoms with Gasteiger partial charge in [-0.3, -0.25) is 0 Å². The van der Waals surface area contributed by atoms with Crippen molar-refractivity contribution in [2.45, 2.75) is 37.6 Å². The van der Waals surface area contributed by atoms with Crippen LogP contribution >= 0.6 is 0 Å². The third kappa shape index (κ3) is 2.34. The minimum atomic E-state index is -0.779. The fraction of sp³-hybridized carbons (Fsp3) is 0.500. The number of halogens is 2. The van der Waals surface area contributed by atoms with Crippen LogP contribution in [0.4, 0.5) is 8.78 Å².